The maximum absolute atomic E-state index is 5.93. The van der Waals surface area contributed by atoms with Crippen molar-refractivity contribution in [1.82, 2.24) is 29.6 Å². The van der Waals surface area contributed by atoms with E-state index in [1.54, 1.807) is 4.52 Å². The second-order valence-electron chi connectivity index (χ2n) is 6.06. The third-order valence-corrected chi connectivity index (χ3v) is 4.55. The fourth-order valence-electron chi connectivity index (χ4n) is 3.22. The van der Waals surface area contributed by atoms with Gasteiger partial charge < -0.3 is 10.1 Å². The summed E-state index contributed by atoms with van der Waals surface area (Å²) in [5.74, 6) is 2.09. The van der Waals surface area contributed by atoms with Crippen molar-refractivity contribution in [1.29, 1.82) is 0 Å². The van der Waals surface area contributed by atoms with E-state index in [9.17, 15) is 0 Å². The van der Waals surface area contributed by atoms with Gasteiger partial charge in [0.25, 0.3) is 0 Å². The summed E-state index contributed by atoms with van der Waals surface area (Å²) in [7, 11) is 1.95. The van der Waals surface area contributed by atoms with Crippen LogP contribution in [0.25, 0.3) is 5.65 Å². The van der Waals surface area contributed by atoms with Crippen LogP contribution >= 0.6 is 0 Å². The lowest BCUT2D eigenvalue weighted by atomic mass is 9.99. The quantitative estimate of drug-likeness (QED) is 0.767. The maximum Gasteiger partial charge on any atom is 0.178 e. The van der Waals surface area contributed by atoms with Crippen LogP contribution in [0.5, 0.6) is 0 Å². The summed E-state index contributed by atoms with van der Waals surface area (Å²) < 4.78 is 9.61. The average Bonchev–Trinajstić information content (AvgIpc) is 3.31. The minimum atomic E-state index is 0.0786. The Morgan fingerprint density at radius 3 is 3.00 bits per heavy atom. The number of anilines is 1. The van der Waals surface area contributed by atoms with E-state index in [1.165, 1.54) is 0 Å². The molecule has 1 saturated heterocycles. The van der Waals surface area contributed by atoms with Crippen molar-refractivity contribution < 1.29 is 4.74 Å². The molecule has 1 aliphatic rings. The molecule has 4 rings (SSSR count). The van der Waals surface area contributed by atoms with Gasteiger partial charge in [0.05, 0.1) is 5.69 Å². The van der Waals surface area contributed by atoms with Crippen molar-refractivity contribution in [3.05, 3.63) is 35.9 Å². The molecule has 3 aromatic heterocycles. The van der Waals surface area contributed by atoms with Crippen molar-refractivity contribution >= 4 is 11.5 Å². The molecule has 8 heteroatoms. The molecule has 1 fully saturated rings. The van der Waals surface area contributed by atoms with E-state index < -0.39 is 0 Å². The molecule has 1 aliphatic heterocycles. The van der Waals surface area contributed by atoms with E-state index in [0.29, 0.717) is 5.92 Å². The first-order chi connectivity index (χ1) is 11.8. The number of hydrogen-bond donors (Lipinski definition) is 1. The zero-order chi connectivity index (χ0) is 16.5. The van der Waals surface area contributed by atoms with Gasteiger partial charge in [0, 0.05) is 38.7 Å². The molecule has 3 aromatic rings. The fourth-order valence-corrected chi connectivity index (χ4v) is 3.22. The van der Waals surface area contributed by atoms with E-state index in [4.69, 9.17) is 4.74 Å². The van der Waals surface area contributed by atoms with Gasteiger partial charge in [0.15, 0.2) is 11.5 Å². The Labute approximate surface area is 139 Å². The highest BCUT2D eigenvalue weighted by molar-refractivity contribution is 5.44. The highest BCUT2D eigenvalue weighted by Crippen LogP contribution is 2.34. The smallest absolute Gasteiger partial charge is 0.178 e. The standard InChI is InChI=1S/C16H21N7O/c1-3-14-19-20-15-5-4-13(21-23(14)15)17-10-11-7-9-24-16(11)12-6-8-18-22(12)2/h4-6,8,11,16H,3,7,9-10H2,1-2H3,(H,17,21)/t11-,16+/m0/s1. The molecule has 2 atom stereocenters. The van der Waals surface area contributed by atoms with E-state index >= 15 is 0 Å². The summed E-state index contributed by atoms with van der Waals surface area (Å²) in [4.78, 5) is 0. The third-order valence-electron chi connectivity index (χ3n) is 4.55. The molecular formula is C16H21N7O. The highest BCUT2D eigenvalue weighted by atomic mass is 16.5. The molecule has 0 spiro atoms. The van der Waals surface area contributed by atoms with E-state index in [1.807, 2.05) is 43.0 Å². The first-order valence-corrected chi connectivity index (χ1v) is 8.31. The summed E-state index contributed by atoms with van der Waals surface area (Å²) in [6, 6.07) is 5.90. The summed E-state index contributed by atoms with van der Waals surface area (Å²) in [5, 5.41) is 20.5. The van der Waals surface area contributed by atoms with Crippen LogP contribution in [-0.4, -0.2) is 42.7 Å². The van der Waals surface area contributed by atoms with Gasteiger partial charge in [-0.1, -0.05) is 6.92 Å². The summed E-state index contributed by atoms with van der Waals surface area (Å²) in [5.41, 5.74) is 1.89. The molecule has 0 bridgehead atoms. The minimum Gasteiger partial charge on any atom is -0.372 e. The summed E-state index contributed by atoms with van der Waals surface area (Å²) in [6.45, 7) is 3.63. The second kappa shape index (κ2) is 6.20. The number of fused-ring (bicyclic) bond motifs is 1. The van der Waals surface area contributed by atoms with Crippen LogP contribution in [0, 0.1) is 5.92 Å². The third kappa shape index (κ3) is 2.62. The fraction of sp³-hybridized carbons (Fsp3) is 0.500. The van der Waals surface area contributed by atoms with Crippen molar-refractivity contribution in [2.75, 3.05) is 18.5 Å². The number of aryl methyl sites for hydroxylation is 2. The summed E-state index contributed by atoms with van der Waals surface area (Å²) >= 11 is 0. The Hall–Kier alpha value is -2.48. The number of aromatic nitrogens is 6. The second-order valence-corrected chi connectivity index (χ2v) is 6.06. The van der Waals surface area contributed by atoms with Crippen LogP contribution in [0.15, 0.2) is 24.4 Å². The van der Waals surface area contributed by atoms with E-state index in [0.717, 1.165) is 49.0 Å². The van der Waals surface area contributed by atoms with Crippen LogP contribution in [0.4, 0.5) is 5.82 Å². The van der Waals surface area contributed by atoms with Gasteiger partial charge in [-0.15, -0.1) is 15.3 Å². The lowest BCUT2D eigenvalue weighted by Gasteiger charge is -2.19. The Kier molecular flexibility index (Phi) is 3.89. The number of ether oxygens (including phenoxy) is 1. The lowest BCUT2D eigenvalue weighted by Crippen LogP contribution is -2.20. The minimum absolute atomic E-state index is 0.0786. The van der Waals surface area contributed by atoms with Crippen molar-refractivity contribution in [2.45, 2.75) is 25.9 Å². The molecule has 126 valence electrons. The van der Waals surface area contributed by atoms with Gasteiger partial charge in [-0.05, 0) is 24.6 Å². The van der Waals surface area contributed by atoms with Crippen molar-refractivity contribution in [3.63, 3.8) is 0 Å². The highest BCUT2D eigenvalue weighted by Gasteiger charge is 2.31. The SMILES string of the molecule is CCc1nnc2ccc(NC[C@@H]3CCO[C@H]3c3ccnn3C)nn12. The maximum atomic E-state index is 5.93. The van der Waals surface area contributed by atoms with Gasteiger partial charge in [-0.2, -0.15) is 9.61 Å². The molecular weight excluding hydrogens is 306 g/mol. The van der Waals surface area contributed by atoms with Crippen LogP contribution in [-0.2, 0) is 18.2 Å². The monoisotopic (exact) mass is 327 g/mol. The predicted octanol–water partition coefficient (Wildman–Crippen LogP) is 1.61. The van der Waals surface area contributed by atoms with Crippen LogP contribution in [0.1, 0.15) is 31.0 Å². The molecule has 0 unspecified atom stereocenters. The Morgan fingerprint density at radius 2 is 2.21 bits per heavy atom. The Balaban J connectivity index is 1.49. The first-order valence-electron chi connectivity index (χ1n) is 8.31. The molecule has 24 heavy (non-hydrogen) atoms. The molecule has 0 aliphatic carbocycles. The largest absolute Gasteiger partial charge is 0.372 e. The van der Waals surface area contributed by atoms with Crippen molar-refractivity contribution in [3.8, 4) is 0 Å². The van der Waals surface area contributed by atoms with E-state index in [2.05, 4.69) is 25.7 Å². The zero-order valence-electron chi connectivity index (χ0n) is 13.9. The lowest BCUT2D eigenvalue weighted by molar-refractivity contribution is 0.0866. The molecule has 0 saturated carbocycles. The van der Waals surface area contributed by atoms with Gasteiger partial charge in [-0.25, -0.2) is 0 Å². The topological polar surface area (TPSA) is 82.2 Å². The molecule has 1 N–H and O–H groups in total. The summed E-state index contributed by atoms with van der Waals surface area (Å²) in [6.07, 6.45) is 3.72. The number of nitrogens with zero attached hydrogens (tertiary/aromatic N) is 6. The Morgan fingerprint density at radius 1 is 1.29 bits per heavy atom. The predicted molar refractivity (Wildman–Crippen MR) is 88.7 cm³/mol. The van der Waals surface area contributed by atoms with Gasteiger partial charge in [0.1, 0.15) is 11.9 Å². The van der Waals surface area contributed by atoms with Crippen molar-refractivity contribution in [2.24, 2.45) is 13.0 Å². The number of rotatable bonds is 5. The van der Waals surface area contributed by atoms with Gasteiger partial charge in [-0.3, -0.25) is 4.68 Å². The van der Waals surface area contributed by atoms with Gasteiger partial charge >= 0.3 is 0 Å². The van der Waals surface area contributed by atoms with Gasteiger partial charge in [0.2, 0.25) is 0 Å². The molecule has 0 aromatic carbocycles. The molecule has 8 nitrogen and oxygen atoms in total. The molecule has 0 radical (unpaired) electrons. The first kappa shape index (κ1) is 15.1. The van der Waals surface area contributed by atoms with Crippen LogP contribution in [0.3, 0.4) is 0 Å². The number of nitrogens with one attached hydrogen (secondary N) is 1. The Bertz CT molecular complexity index is 840. The normalized spacial score (nSPS) is 20.8. The van der Waals surface area contributed by atoms with Crippen LogP contribution < -0.4 is 5.32 Å². The zero-order valence-corrected chi connectivity index (χ0v) is 13.9. The van der Waals surface area contributed by atoms with E-state index in [-0.39, 0.29) is 6.10 Å². The van der Waals surface area contributed by atoms with Crippen LogP contribution in [0.2, 0.25) is 0 Å². The number of hydrogen-bond acceptors (Lipinski definition) is 6. The molecule has 4 heterocycles. The average molecular weight is 327 g/mol. The molecule has 0 amide bonds.